The van der Waals surface area contributed by atoms with Crippen molar-refractivity contribution in [2.75, 3.05) is 6.54 Å². The molecule has 0 unspecified atom stereocenters. The van der Waals surface area contributed by atoms with E-state index in [1.54, 1.807) is 41.6 Å². The zero-order chi connectivity index (χ0) is 15.5. The number of hydrogen-bond donors (Lipinski definition) is 0. The molecule has 22 heavy (non-hydrogen) atoms. The molecule has 7 heteroatoms. The number of halogens is 1. The van der Waals surface area contributed by atoms with E-state index in [1.165, 1.54) is 18.0 Å². The first-order valence-corrected chi connectivity index (χ1v) is 7.81. The van der Waals surface area contributed by atoms with Gasteiger partial charge in [-0.1, -0.05) is 11.6 Å². The second-order valence-corrected chi connectivity index (χ2v) is 5.81. The molecule has 112 valence electrons. The van der Waals surface area contributed by atoms with Crippen molar-refractivity contribution in [3.05, 3.63) is 52.5 Å². The molecule has 0 bridgehead atoms. The highest BCUT2D eigenvalue weighted by Crippen LogP contribution is 2.35. The van der Waals surface area contributed by atoms with Crippen molar-refractivity contribution in [3.63, 3.8) is 0 Å². The standard InChI is InChI=1S/C15H12ClN3O2S/c1-2-19-14(20)13(8-10-4-3-7-21-10)22-15(19)18-12-5-6-17-9-11(12)16/h3-9H,2H2,1H3/b13-8+,18-15?. The highest BCUT2D eigenvalue weighted by atomic mass is 35.5. The molecule has 2 aromatic rings. The van der Waals surface area contributed by atoms with Crippen LogP contribution in [0.2, 0.25) is 5.02 Å². The average molecular weight is 334 g/mol. The van der Waals surface area contributed by atoms with E-state index in [-0.39, 0.29) is 5.91 Å². The number of aliphatic imine (C=N–C) groups is 1. The number of nitrogens with zero attached hydrogens (tertiary/aromatic N) is 3. The number of carbonyl (C=O) groups excluding carboxylic acids is 1. The molecule has 5 nitrogen and oxygen atoms in total. The fraction of sp³-hybridized carbons (Fsp3) is 0.133. The van der Waals surface area contributed by atoms with Crippen LogP contribution in [0.5, 0.6) is 0 Å². The largest absolute Gasteiger partial charge is 0.465 e. The Labute approximate surface area is 136 Å². The fourth-order valence-electron chi connectivity index (χ4n) is 1.93. The van der Waals surface area contributed by atoms with Gasteiger partial charge in [0.15, 0.2) is 5.17 Å². The Hall–Kier alpha value is -2.05. The SMILES string of the molecule is CCN1C(=O)/C(=C\c2ccco2)SC1=Nc1ccncc1Cl. The van der Waals surface area contributed by atoms with Crippen LogP contribution < -0.4 is 0 Å². The lowest BCUT2D eigenvalue weighted by atomic mass is 10.3. The molecule has 2 aromatic heterocycles. The Morgan fingerprint density at radius 2 is 2.36 bits per heavy atom. The monoisotopic (exact) mass is 333 g/mol. The first kappa shape index (κ1) is 14.9. The molecular formula is C15H12ClN3O2S. The maximum atomic E-state index is 12.4. The van der Waals surface area contributed by atoms with E-state index in [1.807, 2.05) is 6.92 Å². The molecule has 0 saturated carbocycles. The predicted octanol–water partition coefficient (Wildman–Crippen LogP) is 3.95. The van der Waals surface area contributed by atoms with E-state index in [4.69, 9.17) is 16.0 Å². The molecule has 1 saturated heterocycles. The summed E-state index contributed by atoms with van der Waals surface area (Å²) in [5, 5.41) is 1.04. The Kier molecular flexibility index (Phi) is 4.31. The molecule has 0 spiro atoms. The van der Waals surface area contributed by atoms with Gasteiger partial charge in [0.2, 0.25) is 0 Å². The summed E-state index contributed by atoms with van der Waals surface area (Å²) in [5.41, 5.74) is 0.588. The Bertz CT molecular complexity index is 756. The minimum absolute atomic E-state index is 0.0900. The van der Waals surface area contributed by atoms with Crippen molar-refractivity contribution in [3.8, 4) is 0 Å². The zero-order valence-corrected chi connectivity index (χ0v) is 13.3. The Balaban J connectivity index is 1.95. The zero-order valence-electron chi connectivity index (χ0n) is 11.7. The summed E-state index contributed by atoms with van der Waals surface area (Å²) >= 11 is 7.37. The van der Waals surface area contributed by atoms with Gasteiger partial charge in [-0.25, -0.2) is 4.99 Å². The molecule has 3 heterocycles. The van der Waals surface area contributed by atoms with Crippen LogP contribution in [0.4, 0.5) is 5.69 Å². The van der Waals surface area contributed by atoms with Crippen LogP contribution in [0.25, 0.3) is 6.08 Å². The number of pyridine rings is 1. The maximum Gasteiger partial charge on any atom is 0.266 e. The summed E-state index contributed by atoms with van der Waals surface area (Å²) in [5.74, 6) is 0.544. The van der Waals surface area contributed by atoms with Crippen LogP contribution >= 0.6 is 23.4 Å². The van der Waals surface area contributed by atoms with Gasteiger partial charge in [0.05, 0.1) is 21.9 Å². The van der Waals surface area contributed by atoms with Gasteiger partial charge < -0.3 is 4.42 Å². The van der Waals surface area contributed by atoms with Crippen molar-refractivity contribution < 1.29 is 9.21 Å². The molecule has 1 amide bonds. The van der Waals surface area contributed by atoms with Crippen LogP contribution in [0, 0.1) is 0 Å². The van der Waals surface area contributed by atoms with Gasteiger partial charge in [0.25, 0.3) is 5.91 Å². The highest BCUT2D eigenvalue weighted by Gasteiger charge is 2.32. The summed E-state index contributed by atoms with van der Waals surface area (Å²) < 4.78 is 5.26. The number of hydrogen-bond acceptors (Lipinski definition) is 5. The van der Waals surface area contributed by atoms with Gasteiger partial charge in [0, 0.05) is 25.0 Å². The average Bonchev–Trinajstić information content (AvgIpc) is 3.11. The van der Waals surface area contributed by atoms with E-state index < -0.39 is 0 Å². The third-order valence-electron chi connectivity index (χ3n) is 2.99. The Morgan fingerprint density at radius 3 is 3.05 bits per heavy atom. The van der Waals surface area contributed by atoms with Gasteiger partial charge in [-0.15, -0.1) is 0 Å². The van der Waals surface area contributed by atoms with E-state index >= 15 is 0 Å². The first-order valence-electron chi connectivity index (χ1n) is 6.62. The number of aromatic nitrogens is 1. The number of thioether (sulfide) groups is 1. The molecule has 1 aliphatic rings. The van der Waals surface area contributed by atoms with Crippen LogP contribution in [0.3, 0.4) is 0 Å². The summed E-state index contributed by atoms with van der Waals surface area (Å²) in [4.78, 5) is 23.0. The number of likely N-dealkylation sites (N-methyl/N-ethyl adjacent to an activating group) is 1. The first-order chi connectivity index (χ1) is 10.7. The minimum atomic E-state index is -0.0900. The van der Waals surface area contributed by atoms with Crippen molar-refractivity contribution in [2.45, 2.75) is 6.92 Å². The van der Waals surface area contributed by atoms with E-state index in [9.17, 15) is 4.79 Å². The van der Waals surface area contributed by atoms with Crippen LogP contribution in [-0.2, 0) is 4.79 Å². The van der Waals surface area contributed by atoms with Crippen molar-refractivity contribution >= 4 is 46.2 Å². The lowest BCUT2D eigenvalue weighted by molar-refractivity contribution is -0.122. The van der Waals surface area contributed by atoms with Gasteiger partial charge in [-0.05, 0) is 36.9 Å². The Morgan fingerprint density at radius 1 is 1.50 bits per heavy atom. The lowest BCUT2D eigenvalue weighted by Crippen LogP contribution is -2.28. The maximum absolute atomic E-state index is 12.4. The highest BCUT2D eigenvalue weighted by molar-refractivity contribution is 8.18. The number of amidine groups is 1. The third-order valence-corrected chi connectivity index (χ3v) is 4.29. The number of amides is 1. The molecule has 0 atom stereocenters. The van der Waals surface area contributed by atoms with Gasteiger partial charge in [-0.2, -0.15) is 0 Å². The smallest absolute Gasteiger partial charge is 0.266 e. The molecule has 0 N–H and O–H groups in total. The summed E-state index contributed by atoms with van der Waals surface area (Å²) in [6, 6.07) is 5.29. The second-order valence-electron chi connectivity index (χ2n) is 4.40. The van der Waals surface area contributed by atoms with Crippen molar-refractivity contribution in [1.82, 2.24) is 9.88 Å². The normalized spacial score (nSPS) is 18.6. The molecule has 0 aromatic carbocycles. The molecule has 1 aliphatic heterocycles. The van der Waals surface area contributed by atoms with E-state index in [2.05, 4.69) is 9.98 Å². The van der Waals surface area contributed by atoms with Gasteiger partial charge in [-0.3, -0.25) is 14.7 Å². The molecule has 0 aliphatic carbocycles. The predicted molar refractivity (Wildman–Crippen MR) is 88.0 cm³/mol. The third kappa shape index (κ3) is 2.93. The van der Waals surface area contributed by atoms with Gasteiger partial charge in [0.1, 0.15) is 5.76 Å². The van der Waals surface area contributed by atoms with Crippen molar-refractivity contribution in [2.24, 2.45) is 4.99 Å². The number of furan rings is 1. The number of rotatable bonds is 3. The molecular weight excluding hydrogens is 322 g/mol. The fourth-order valence-corrected chi connectivity index (χ4v) is 3.13. The minimum Gasteiger partial charge on any atom is -0.465 e. The summed E-state index contributed by atoms with van der Waals surface area (Å²) in [7, 11) is 0. The molecule has 1 fully saturated rings. The summed E-state index contributed by atoms with van der Waals surface area (Å²) in [6.45, 7) is 2.43. The van der Waals surface area contributed by atoms with Crippen LogP contribution in [0.1, 0.15) is 12.7 Å². The molecule has 0 radical (unpaired) electrons. The quantitative estimate of drug-likeness (QED) is 0.798. The van der Waals surface area contributed by atoms with E-state index in [0.29, 0.717) is 33.1 Å². The van der Waals surface area contributed by atoms with Crippen molar-refractivity contribution in [1.29, 1.82) is 0 Å². The van der Waals surface area contributed by atoms with Crippen LogP contribution in [0.15, 0.2) is 51.2 Å². The number of carbonyl (C=O) groups is 1. The lowest BCUT2D eigenvalue weighted by Gasteiger charge is -2.12. The van der Waals surface area contributed by atoms with E-state index in [0.717, 1.165) is 0 Å². The van der Waals surface area contributed by atoms with Crippen LogP contribution in [-0.4, -0.2) is 27.5 Å². The van der Waals surface area contributed by atoms with Gasteiger partial charge >= 0.3 is 0 Å². The second kappa shape index (κ2) is 6.37. The molecule has 3 rings (SSSR count). The summed E-state index contributed by atoms with van der Waals surface area (Å²) in [6.07, 6.45) is 6.42. The topological polar surface area (TPSA) is 58.7 Å².